The third kappa shape index (κ3) is 3.44. The molecule has 25 heavy (non-hydrogen) atoms. The summed E-state index contributed by atoms with van der Waals surface area (Å²) in [7, 11) is 0. The van der Waals surface area contributed by atoms with E-state index in [0.717, 1.165) is 30.8 Å². The normalized spacial score (nSPS) is 19.0. The lowest BCUT2D eigenvalue weighted by molar-refractivity contribution is 0.0667. The van der Waals surface area contributed by atoms with Crippen LogP contribution in [-0.4, -0.2) is 5.60 Å². The van der Waals surface area contributed by atoms with Gasteiger partial charge < -0.3 is 9.47 Å². The van der Waals surface area contributed by atoms with Crippen LogP contribution in [-0.2, 0) is 13.0 Å². The zero-order valence-electron chi connectivity index (χ0n) is 15.8. The van der Waals surface area contributed by atoms with Crippen LogP contribution in [0, 0.1) is 20.8 Å². The first-order valence-corrected chi connectivity index (χ1v) is 9.04. The summed E-state index contributed by atoms with van der Waals surface area (Å²) in [6, 6.07) is 10.3. The van der Waals surface area contributed by atoms with Crippen molar-refractivity contribution in [3.8, 4) is 11.5 Å². The van der Waals surface area contributed by atoms with Crippen LogP contribution in [0.25, 0.3) is 0 Å². The highest BCUT2D eigenvalue weighted by molar-refractivity contribution is 5.59. The van der Waals surface area contributed by atoms with E-state index in [4.69, 9.17) is 9.47 Å². The molecule has 1 aliphatic rings. The summed E-state index contributed by atoms with van der Waals surface area (Å²) in [5.74, 6) is 2.06. The van der Waals surface area contributed by atoms with Crippen molar-refractivity contribution in [3.05, 3.63) is 70.8 Å². The molecule has 1 heterocycles. The van der Waals surface area contributed by atoms with Gasteiger partial charge in [-0.1, -0.05) is 36.4 Å². The first-order chi connectivity index (χ1) is 11.9. The van der Waals surface area contributed by atoms with Crippen LogP contribution in [0.4, 0.5) is 0 Å². The molecule has 2 aromatic rings. The minimum atomic E-state index is -0.148. The van der Waals surface area contributed by atoms with E-state index in [9.17, 15) is 0 Å². The van der Waals surface area contributed by atoms with Crippen LogP contribution in [0.3, 0.4) is 0 Å². The Balaban J connectivity index is 1.92. The maximum absolute atomic E-state index is 6.44. The van der Waals surface area contributed by atoms with Crippen molar-refractivity contribution in [1.82, 2.24) is 0 Å². The second kappa shape index (κ2) is 6.95. The van der Waals surface area contributed by atoms with E-state index in [0.29, 0.717) is 6.61 Å². The van der Waals surface area contributed by atoms with Gasteiger partial charge in [0.2, 0.25) is 0 Å². The van der Waals surface area contributed by atoms with E-state index in [1.165, 1.54) is 27.8 Å². The molecule has 0 unspecified atom stereocenters. The molecule has 0 fully saturated rings. The van der Waals surface area contributed by atoms with Crippen LogP contribution < -0.4 is 9.47 Å². The number of rotatable bonds is 5. The average molecular weight is 336 g/mol. The summed E-state index contributed by atoms with van der Waals surface area (Å²) in [5, 5.41) is 0. The molecule has 0 radical (unpaired) electrons. The average Bonchev–Trinajstić information content (AvgIpc) is 2.60. The maximum Gasteiger partial charge on any atom is 0.127 e. The van der Waals surface area contributed by atoms with Crippen molar-refractivity contribution in [2.75, 3.05) is 0 Å². The molecule has 2 aromatic carbocycles. The lowest BCUT2D eigenvalue weighted by Gasteiger charge is -2.37. The highest BCUT2D eigenvalue weighted by Crippen LogP contribution is 2.44. The second-order valence-corrected chi connectivity index (χ2v) is 7.33. The number of benzene rings is 2. The predicted octanol–water partition coefficient (Wildman–Crippen LogP) is 5.85. The lowest BCUT2D eigenvalue weighted by Crippen LogP contribution is -2.36. The van der Waals surface area contributed by atoms with E-state index >= 15 is 0 Å². The Labute approximate surface area is 151 Å². The van der Waals surface area contributed by atoms with Crippen LogP contribution in [0.5, 0.6) is 11.5 Å². The van der Waals surface area contributed by atoms with Gasteiger partial charge in [-0.15, -0.1) is 6.58 Å². The molecule has 0 aliphatic carbocycles. The topological polar surface area (TPSA) is 18.5 Å². The standard InChI is InChI=1S/C23H28O2/c1-6-13-23(5)14-12-20-18(4)21(16(2)17(3)22(20)25-23)24-15-19-10-8-7-9-11-19/h6-11H,1,12-15H2,2-5H3/t23-/m1/s1. The number of hydrogen-bond donors (Lipinski definition) is 0. The van der Waals surface area contributed by atoms with Crippen LogP contribution in [0.2, 0.25) is 0 Å². The van der Waals surface area contributed by atoms with Crippen molar-refractivity contribution < 1.29 is 9.47 Å². The van der Waals surface area contributed by atoms with Crippen molar-refractivity contribution in [2.24, 2.45) is 0 Å². The van der Waals surface area contributed by atoms with Gasteiger partial charge in [-0.25, -0.2) is 0 Å². The first kappa shape index (κ1) is 17.6. The van der Waals surface area contributed by atoms with Crippen molar-refractivity contribution in [2.45, 2.75) is 59.2 Å². The molecule has 1 atom stereocenters. The fraction of sp³-hybridized carbons (Fsp3) is 0.391. The number of hydrogen-bond acceptors (Lipinski definition) is 2. The summed E-state index contributed by atoms with van der Waals surface area (Å²) < 4.78 is 12.7. The summed E-state index contributed by atoms with van der Waals surface area (Å²) in [6.07, 6.45) is 4.86. The van der Waals surface area contributed by atoms with Crippen LogP contribution in [0.15, 0.2) is 43.0 Å². The molecule has 0 bridgehead atoms. The molecule has 1 aliphatic heterocycles. The Morgan fingerprint density at radius 2 is 1.84 bits per heavy atom. The Morgan fingerprint density at radius 3 is 2.52 bits per heavy atom. The molecule has 3 rings (SSSR count). The molecule has 2 heteroatoms. The zero-order valence-corrected chi connectivity index (χ0v) is 15.8. The molecular weight excluding hydrogens is 308 g/mol. The van der Waals surface area contributed by atoms with Gasteiger partial charge in [-0.2, -0.15) is 0 Å². The highest BCUT2D eigenvalue weighted by Gasteiger charge is 2.33. The Kier molecular flexibility index (Phi) is 4.89. The van der Waals surface area contributed by atoms with E-state index in [2.05, 4.69) is 46.4 Å². The first-order valence-electron chi connectivity index (χ1n) is 9.04. The lowest BCUT2D eigenvalue weighted by atomic mass is 9.85. The van der Waals surface area contributed by atoms with Crippen LogP contribution >= 0.6 is 0 Å². The zero-order chi connectivity index (χ0) is 18.0. The third-order valence-electron chi connectivity index (χ3n) is 5.37. The van der Waals surface area contributed by atoms with Crippen molar-refractivity contribution >= 4 is 0 Å². The van der Waals surface area contributed by atoms with E-state index in [-0.39, 0.29) is 5.60 Å². The van der Waals surface area contributed by atoms with Gasteiger partial charge in [0, 0.05) is 12.0 Å². The van der Waals surface area contributed by atoms with E-state index in [1.54, 1.807) is 0 Å². The Morgan fingerprint density at radius 1 is 1.12 bits per heavy atom. The summed E-state index contributed by atoms with van der Waals surface area (Å²) in [5.41, 5.74) is 5.92. The largest absolute Gasteiger partial charge is 0.488 e. The second-order valence-electron chi connectivity index (χ2n) is 7.33. The summed E-state index contributed by atoms with van der Waals surface area (Å²) >= 11 is 0. The van der Waals surface area contributed by atoms with Gasteiger partial charge in [0.1, 0.15) is 23.7 Å². The molecule has 132 valence electrons. The predicted molar refractivity (Wildman–Crippen MR) is 104 cm³/mol. The Hall–Kier alpha value is -2.22. The van der Waals surface area contributed by atoms with E-state index < -0.39 is 0 Å². The van der Waals surface area contributed by atoms with Crippen molar-refractivity contribution in [3.63, 3.8) is 0 Å². The van der Waals surface area contributed by atoms with Gasteiger partial charge in [0.25, 0.3) is 0 Å². The highest BCUT2D eigenvalue weighted by atomic mass is 16.5. The fourth-order valence-corrected chi connectivity index (χ4v) is 3.68. The molecule has 0 saturated heterocycles. The number of fused-ring (bicyclic) bond motifs is 1. The monoisotopic (exact) mass is 336 g/mol. The van der Waals surface area contributed by atoms with Gasteiger partial charge in [-0.3, -0.25) is 0 Å². The van der Waals surface area contributed by atoms with Crippen LogP contribution in [0.1, 0.15) is 47.6 Å². The minimum absolute atomic E-state index is 0.148. The van der Waals surface area contributed by atoms with Crippen molar-refractivity contribution in [1.29, 1.82) is 0 Å². The summed E-state index contributed by atoms with van der Waals surface area (Å²) in [6.45, 7) is 13.1. The van der Waals surface area contributed by atoms with Gasteiger partial charge in [0.15, 0.2) is 0 Å². The molecule has 0 saturated carbocycles. The SMILES string of the molecule is C=CC[C@]1(C)CCc2c(C)c(OCc3ccccc3)c(C)c(C)c2O1. The van der Waals surface area contributed by atoms with Gasteiger partial charge in [0.05, 0.1) is 0 Å². The fourth-order valence-electron chi connectivity index (χ4n) is 3.68. The van der Waals surface area contributed by atoms with E-state index in [1.807, 2.05) is 24.3 Å². The quantitative estimate of drug-likeness (QED) is 0.638. The smallest absolute Gasteiger partial charge is 0.127 e. The molecule has 0 spiro atoms. The van der Waals surface area contributed by atoms with Gasteiger partial charge >= 0.3 is 0 Å². The molecule has 0 amide bonds. The molecule has 0 aromatic heterocycles. The minimum Gasteiger partial charge on any atom is -0.488 e. The molecule has 0 N–H and O–H groups in total. The molecule has 2 nitrogen and oxygen atoms in total. The van der Waals surface area contributed by atoms with Gasteiger partial charge in [-0.05, 0) is 62.8 Å². The summed E-state index contributed by atoms with van der Waals surface area (Å²) in [4.78, 5) is 0. The Bertz CT molecular complexity index is 777. The number of ether oxygens (including phenoxy) is 2. The molecular formula is C23H28O2. The maximum atomic E-state index is 6.44. The third-order valence-corrected chi connectivity index (χ3v) is 5.37.